The quantitative estimate of drug-likeness (QED) is 0.810. The van der Waals surface area contributed by atoms with E-state index in [-0.39, 0.29) is 6.04 Å². The molecule has 2 aromatic rings. The van der Waals surface area contributed by atoms with Crippen LogP contribution < -0.4 is 5.32 Å². The van der Waals surface area contributed by atoms with Crippen LogP contribution in [0.5, 0.6) is 0 Å². The molecular formula is C16H17Cl2N. The fraction of sp³-hybridized carbons (Fsp3) is 0.250. The average Bonchev–Trinajstić information content (AvgIpc) is 2.41. The summed E-state index contributed by atoms with van der Waals surface area (Å²) < 4.78 is 0. The molecule has 0 fully saturated rings. The molecule has 0 heterocycles. The van der Waals surface area contributed by atoms with Crippen LogP contribution in [-0.2, 0) is 0 Å². The van der Waals surface area contributed by atoms with E-state index in [1.165, 1.54) is 11.1 Å². The topological polar surface area (TPSA) is 12.0 Å². The molecule has 1 N–H and O–H groups in total. The van der Waals surface area contributed by atoms with E-state index in [1.54, 1.807) is 0 Å². The summed E-state index contributed by atoms with van der Waals surface area (Å²) in [5, 5.41) is 5.06. The lowest BCUT2D eigenvalue weighted by Crippen LogP contribution is -2.23. The molecule has 19 heavy (non-hydrogen) atoms. The van der Waals surface area contributed by atoms with Gasteiger partial charge in [0, 0.05) is 10.0 Å². The molecule has 0 aliphatic heterocycles. The number of hydrogen-bond donors (Lipinski definition) is 1. The van der Waals surface area contributed by atoms with Gasteiger partial charge in [-0.15, -0.1) is 0 Å². The minimum absolute atomic E-state index is 0.149. The van der Waals surface area contributed by atoms with Crippen LogP contribution in [-0.4, -0.2) is 6.54 Å². The average molecular weight is 294 g/mol. The highest BCUT2D eigenvalue weighted by molar-refractivity contribution is 6.30. The maximum atomic E-state index is 6.09. The predicted molar refractivity (Wildman–Crippen MR) is 83.0 cm³/mol. The zero-order valence-corrected chi connectivity index (χ0v) is 12.4. The Bertz CT molecular complexity index is 523. The third-order valence-corrected chi connectivity index (χ3v) is 3.47. The van der Waals surface area contributed by atoms with Gasteiger partial charge >= 0.3 is 0 Å². The zero-order chi connectivity index (χ0) is 13.7. The van der Waals surface area contributed by atoms with Gasteiger partial charge in [0.25, 0.3) is 0 Å². The molecule has 2 rings (SSSR count). The van der Waals surface area contributed by atoms with Crippen molar-refractivity contribution in [2.24, 2.45) is 0 Å². The summed E-state index contributed by atoms with van der Waals surface area (Å²) in [7, 11) is 0. The minimum atomic E-state index is 0.149. The van der Waals surface area contributed by atoms with Gasteiger partial charge in [0.05, 0.1) is 6.04 Å². The summed E-state index contributed by atoms with van der Waals surface area (Å²) in [5.41, 5.74) is 2.36. The van der Waals surface area contributed by atoms with Gasteiger partial charge in [-0.1, -0.05) is 54.4 Å². The first-order valence-corrected chi connectivity index (χ1v) is 7.20. The lowest BCUT2D eigenvalue weighted by atomic mass is 9.98. The fourth-order valence-corrected chi connectivity index (χ4v) is 2.38. The van der Waals surface area contributed by atoms with E-state index in [9.17, 15) is 0 Å². The van der Waals surface area contributed by atoms with Crippen LogP contribution in [0.4, 0.5) is 0 Å². The molecule has 1 nitrogen and oxygen atoms in total. The first kappa shape index (κ1) is 14.4. The smallest absolute Gasteiger partial charge is 0.0577 e. The van der Waals surface area contributed by atoms with Crippen LogP contribution in [0.3, 0.4) is 0 Å². The Hall–Kier alpha value is -1.02. The highest BCUT2D eigenvalue weighted by atomic mass is 35.5. The normalized spacial score (nSPS) is 12.4. The number of halogens is 2. The van der Waals surface area contributed by atoms with Crippen molar-refractivity contribution in [1.29, 1.82) is 0 Å². The summed E-state index contributed by atoms with van der Waals surface area (Å²) in [5.74, 6) is 0. The fourth-order valence-electron chi connectivity index (χ4n) is 2.06. The van der Waals surface area contributed by atoms with Crippen molar-refractivity contribution in [2.75, 3.05) is 6.54 Å². The van der Waals surface area contributed by atoms with Gasteiger partial charge in [0.2, 0.25) is 0 Å². The number of benzene rings is 2. The number of rotatable bonds is 5. The first-order chi connectivity index (χ1) is 9.20. The van der Waals surface area contributed by atoms with E-state index in [4.69, 9.17) is 23.2 Å². The van der Waals surface area contributed by atoms with Crippen LogP contribution in [0.1, 0.15) is 30.5 Å². The van der Waals surface area contributed by atoms with Gasteiger partial charge in [-0.2, -0.15) is 0 Å². The highest BCUT2D eigenvalue weighted by Crippen LogP contribution is 2.25. The van der Waals surface area contributed by atoms with Gasteiger partial charge in [0.15, 0.2) is 0 Å². The van der Waals surface area contributed by atoms with Crippen molar-refractivity contribution in [2.45, 2.75) is 19.4 Å². The second-order valence-corrected chi connectivity index (χ2v) is 5.37. The molecule has 0 spiro atoms. The zero-order valence-electron chi connectivity index (χ0n) is 10.9. The van der Waals surface area contributed by atoms with Crippen LogP contribution in [0.2, 0.25) is 10.0 Å². The Morgan fingerprint density at radius 2 is 1.68 bits per heavy atom. The van der Waals surface area contributed by atoms with E-state index in [0.29, 0.717) is 0 Å². The van der Waals surface area contributed by atoms with E-state index >= 15 is 0 Å². The van der Waals surface area contributed by atoms with Gasteiger partial charge in [0.1, 0.15) is 0 Å². The Morgan fingerprint density at radius 1 is 0.947 bits per heavy atom. The molecule has 0 aliphatic rings. The first-order valence-electron chi connectivity index (χ1n) is 6.45. The molecule has 1 unspecified atom stereocenters. The maximum absolute atomic E-state index is 6.09. The van der Waals surface area contributed by atoms with Gasteiger partial charge < -0.3 is 5.32 Å². The molecule has 3 heteroatoms. The van der Waals surface area contributed by atoms with Crippen LogP contribution in [0, 0.1) is 0 Å². The molecule has 0 amide bonds. The van der Waals surface area contributed by atoms with Crippen molar-refractivity contribution < 1.29 is 0 Å². The number of hydrogen-bond acceptors (Lipinski definition) is 1. The predicted octanol–water partition coefficient (Wildman–Crippen LogP) is 5.08. The Balaban J connectivity index is 2.32. The summed E-state index contributed by atoms with van der Waals surface area (Å²) in [6.45, 7) is 3.11. The van der Waals surface area contributed by atoms with Gasteiger partial charge in [-0.05, 0) is 48.4 Å². The van der Waals surface area contributed by atoms with Gasteiger partial charge in [-0.25, -0.2) is 0 Å². The van der Waals surface area contributed by atoms with Crippen molar-refractivity contribution in [3.8, 4) is 0 Å². The van der Waals surface area contributed by atoms with Crippen molar-refractivity contribution in [1.82, 2.24) is 5.32 Å². The van der Waals surface area contributed by atoms with Crippen molar-refractivity contribution in [3.05, 3.63) is 69.7 Å². The minimum Gasteiger partial charge on any atom is -0.306 e. The SMILES string of the molecule is CCCNC(c1ccc(Cl)cc1)c1cccc(Cl)c1. The van der Waals surface area contributed by atoms with E-state index < -0.39 is 0 Å². The molecule has 0 aliphatic carbocycles. The lowest BCUT2D eigenvalue weighted by Gasteiger charge is -2.20. The Kier molecular flexibility index (Phi) is 5.26. The molecule has 0 radical (unpaired) electrons. The summed E-state index contributed by atoms with van der Waals surface area (Å²) in [4.78, 5) is 0. The third kappa shape index (κ3) is 3.97. The largest absolute Gasteiger partial charge is 0.306 e. The molecular weight excluding hydrogens is 277 g/mol. The molecule has 0 saturated carbocycles. The maximum Gasteiger partial charge on any atom is 0.0577 e. The lowest BCUT2D eigenvalue weighted by molar-refractivity contribution is 0.598. The van der Waals surface area contributed by atoms with Crippen molar-refractivity contribution >= 4 is 23.2 Å². The second kappa shape index (κ2) is 6.95. The molecule has 2 aromatic carbocycles. The Morgan fingerprint density at radius 3 is 2.32 bits per heavy atom. The molecule has 0 saturated heterocycles. The molecule has 1 atom stereocenters. The second-order valence-electron chi connectivity index (χ2n) is 4.49. The van der Waals surface area contributed by atoms with E-state index in [1.807, 2.05) is 30.3 Å². The third-order valence-electron chi connectivity index (χ3n) is 2.98. The summed E-state index contributed by atoms with van der Waals surface area (Å²) >= 11 is 12.0. The standard InChI is InChI=1S/C16H17Cl2N/c1-2-10-19-16(12-6-8-14(17)9-7-12)13-4-3-5-15(18)11-13/h3-9,11,16,19H,2,10H2,1H3. The van der Waals surface area contributed by atoms with Gasteiger partial charge in [-0.3, -0.25) is 0 Å². The summed E-state index contributed by atoms with van der Waals surface area (Å²) in [6, 6.07) is 16.1. The molecule has 0 bridgehead atoms. The van der Waals surface area contributed by atoms with Crippen LogP contribution in [0.15, 0.2) is 48.5 Å². The summed E-state index contributed by atoms with van der Waals surface area (Å²) in [6.07, 6.45) is 1.09. The highest BCUT2D eigenvalue weighted by Gasteiger charge is 2.13. The molecule has 100 valence electrons. The van der Waals surface area contributed by atoms with Crippen LogP contribution >= 0.6 is 23.2 Å². The van der Waals surface area contributed by atoms with E-state index in [2.05, 4.69) is 30.4 Å². The van der Waals surface area contributed by atoms with E-state index in [0.717, 1.165) is 23.0 Å². The number of nitrogens with one attached hydrogen (secondary N) is 1. The van der Waals surface area contributed by atoms with Crippen molar-refractivity contribution in [3.63, 3.8) is 0 Å². The molecule has 0 aromatic heterocycles. The van der Waals surface area contributed by atoms with Crippen LogP contribution in [0.25, 0.3) is 0 Å². The Labute approximate surface area is 124 Å². The monoisotopic (exact) mass is 293 g/mol.